The minimum atomic E-state index is -0.193. The molecule has 0 unspecified atom stereocenters. The van der Waals surface area contributed by atoms with E-state index in [9.17, 15) is 9.59 Å². The number of halogens is 2. The first-order chi connectivity index (χ1) is 14.0. The largest absolute Gasteiger partial charge is 0.497 e. The molecule has 29 heavy (non-hydrogen) atoms. The number of carbonyl (C=O) groups excluding carboxylic acids is 2. The first-order valence-corrected chi connectivity index (χ1v) is 9.95. The molecule has 2 amide bonds. The van der Waals surface area contributed by atoms with E-state index in [0.717, 1.165) is 0 Å². The number of hydrazone groups is 1. The minimum absolute atomic E-state index is 0.0415. The molecule has 1 aliphatic heterocycles. The van der Waals surface area contributed by atoms with E-state index in [4.69, 9.17) is 27.9 Å². The number of carbonyl (C=O) groups is 2. The van der Waals surface area contributed by atoms with Gasteiger partial charge in [0.25, 0.3) is 5.91 Å². The van der Waals surface area contributed by atoms with Gasteiger partial charge >= 0.3 is 0 Å². The number of rotatable bonds is 5. The molecule has 1 N–H and O–H groups in total. The molecular weight excluding hydrogens is 413 g/mol. The average Bonchev–Trinajstić information content (AvgIpc) is 2.76. The third-order valence-electron chi connectivity index (χ3n) is 4.85. The Labute approximate surface area is 179 Å². The number of nitrogens with zero attached hydrogens (tertiary/aromatic N) is 2. The van der Waals surface area contributed by atoms with E-state index in [1.807, 2.05) is 0 Å². The van der Waals surface area contributed by atoms with Crippen LogP contribution in [0.5, 0.6) is 5.75 Å². The van der Waals surface area contributed by atoms with Gasteiger partial charge in [0.2, 0.25) is 5.91 Å². The van der Waals surface area contributed by atoms with Crippen LogP contribution in [-0.4, -0.2) is 43.1 Å². The Morgan fingerprint density at radius 1 is 1.14 bits per heavy atom. The summed E-state index contributed by atoms with van der Waals surface area (Å²) in [6.07, 6.45) is 2.64. The second kappa shape index (κ2) is 9.76. The molecule has 6 nitrogen and oxygen atoms in total. The van der Waals surface area contributed by atoms with Gasteiger partial charge in [-0.25, -0.2) is 5.43 Å². The summed E-state index contributed by atoms with van der Waals surface area (Å²) in [7, 11) is 1.58. The molecule has 1 saturated heterocycles. The number of piperidine rings is 1. The fourth-order valence-electron chi connectivity index (χ4n) is 3.14. The molecule has 1 heterocycles. The molecular formula is C21H21Cl2N3O3. The van der Waals surface area contributed by atoms with E-state index < -0.39 is 0 Å². The Hall–Kier alpha value is -2.57. The van der Waals surface area contributed by atoms with E-state index in [2.05, 4.69) is 10.5 Å². The Balaban J connectivity index is 1.50. The molecule has 0 aromatic heterocycles. The van der Waals surface area contributed by atoms with Crippen LogP contribution in [0.15, 0.2) is 47.6 Å². The topological polar surface area (TPSA) is 71.0 Å². The summed E-state index contributed by atoms with van der Waals surface area (Å²) < 4.78 is 5.11. The maximum absolute atomic E-state index is 12.6. The molecule has 1 aliphatic rings. The van der Waals surface area contributed by atoms with Crippen LogP contribution in [0.4, 0.5) is 0 Å². The monoisotopic (exact) mass is 433 g/mol. The molecule has 2 aromatic rings. The summed E-state index contributed by atoms with van der Waals surface area (Å²) >= 11 is 12.0. The number of benzene rings is 2. The summed E-state index contributed by atoms with van der Waals surface area (Å²) in [5.41, 5.74) is 3.78. The number of amides is 2. The van der Waals surface area contributed by atoms with Gasteiger partial charge in [0.1, 0.15) is 5.75 Å². The van der Waals surface area contributed by atoms with Crippen LogP contribution in [0.25, 0.3) is 0 Å². The quantitative estimate of drug-likeness (QED) is 0.571. The van der Waals surface area contributed by atoms with Crippen molar-refractivity contribution in [1.29, 1.82) is 0 Å². The predicted molar refractivity (Wildman–Crippen MR) is 114 cm³/mol. The number of nitrogens with one attached hydrogen (secondary N) is 1. The average molecular weight is 434 g/mol. The molecule has 3 rings (SSSR count). The number of methoxy groups -OCH3 is 1. The van der Waals surface area contributed by atoms with E-state index in [1.54, 1.807) is 54.5 Å². The predicted octanol–water partition coefficient (Wildman–Crippen LogP) is 4.00. The van der Waals surface area contributed by atoms with E-state index >= 15 is 0 Å². The lowest BCUT2D eigenvalue weighted by Gasteiger charge is -2.31. The van der Waals surface area contributed by atoms with Crippen LogP contribution >= 0.6 is 23.2 Å². The van der Waals surface area contributed by atoms with Gasteiger partial charge in [-0.2, -0.15) is 5.10 Å². The van der Waals surface area contributed by atoms with Crippen molar-refractivity contribution in [1.82, 2.24) is 10.3 Å². The molecule has 1 fully saturated rings. The van der Waals surface area contributed by atoms with Gasteiger partial charge in [0.15, 0.2) is 0 Å². The Morgan fingerprint density at radius 3 is 2.48 bits per heavy atom. The van der Waals surface area contributed by atoms with Crippen LogP contribution in [0.2, 0.25) is 10.0 Å². The summed E-state index contributed by atoms with van der Waals surface area (Å²) in [5.74, 6) is 0.300. The first kappa shape index (κ1) is 21.1. The zero-order valence-electron chi connectivity index (χ0n) is 15.9. The van der Waals surface area contributed by atoms with Gasteiger partial charge in [-0.1, -0.05) is 35.3 Å². The maximum Gasteiger partial charge on any atom is 0.253 e. The van der Waals surface area contributed by atoms with Crippen molar-refractivity contribution in [2.75, 3.05) is 20.2 Å². The Kier molecular flexibility index (Phi) is 7.12. The highest BCUT2D eigenvalue weighted by atomic mass is 35.5. The maximum atomic E-state index is 12.6. The number of hydrogen-bond donors (Lipinski definition) is 1. The Bertz CT molecular complexity index is 908. The van der Waals surface area contributed by atoms with Gasteiger partial charge in [-0.3, -0.25) is 9.59 Å². The molecule has 152 valence electrons. The van der Waals surface area contributed by atoms with Crippen LogP contribution < -0.4 is 10.2 Å². The van der Waals surface area contributed by atoms with Gasteiger partial charge in [-0.05, 0) is 43.2 Å². The lowest BCUT2D eigenvalue weighted by molar-refractivity contribution is -0.126. The molecule has 2 aromatic carbocycles. The smallest absolute Gasteiger partial charge is 0.253 e. The van der Waals surface area contributed by atoms with Crippen LogP contribution in [0, 0.1) is 5.92 Å². The summed E-state index contributed by atoms with van der Waals surface area (Å²) in [6, 6.07) is 12.2. The molecule has 0 saturated carbocycles. The Morgan fingerprint density at radius 2 is 1.83 bits per heavy atom. The van der Waals surface area contributed by atoms with Gasteiger partial charge in [0, 0.05) is 30.1 Å². The van der Waals surface area contributed by atoms with Crippen LogP contribution in [-0.2, 0) is 4.79 Å². The molecule has 0 bridgehead atoms. The van der Waals surface area contributed by atoms with Gasteiger partial charge in [0.05, 0.1) is 23.4 Å². The van der Waals surface area contributed by atoms with Crippen molar-refractivity contribution in [2.24, 2.45) is 11.0 Å². The summed E-state index contributed by atoms with van der Waals surface area (Å²) in [6.45, 7) is 1.04. The molecule has 0 aliphatic carbocycles. The standard InChI is InChI=1S/C21H21Cl2N3O3/c1-29-17-7-5-15(6-8-17)21(28)26-11-9-14(10-12-26)20(27)25-24-13-16-3-2-4-18(22)19(16)23/h2-8,13-14H,9-12H2,1H3,(H,25,27)/b24-13-. The molecule has 0 radical (unpaired) electrons. The van der Waals surface area contributed by atoms with Gasteiger partial charge in [-0.15, -0.1) is 0 Å². The zero-order chi connectivity index (χ0) is 20.8. The lowest BCUT2D eigenvalue weighted by Crippen LogP contribution is -2.42. The van der Waals surface area contributed by atoms with Crippen molar-refractivity contribution in [3.8, 4) is 5.75 Å². The van der Waals surface area contributed by atoms with Crippen molar-refractivity contribution in [2.45, 2.75) is 12.8 Å². The van der Waals surface area contributed by atoms with Crippen LogP contribution in [0.1, 0.15) is 28.8 Å². The van der Waals surface area contributed by atoms with Crippen molar-refractivity contribution >= 4 is 41.2 Å². The third kappa shape index (κ3) is 5.28. The second-order valence-corrected chi connectivity index (χ2v) is 7.46. The number of ether oxygens (including phenoxy) is 1. The first-order valence-electron chi connectivity index (χ1n) is 9.20. The highest BCUT2D eigenvalue weighted by Crippen LogP contribution is 2.24. The fraction of sp³-hybridized carbons (Fsp3) is 0.286. The normalized spacial score (nSPS) is 14.8. The van der Waals surface area contributed by atoms with Crippen molar-refractivity contribution in [3.05, 3.63) is 63.6 Å². The van der Waals surface area contributed by atoms with E-state index in [1.165, 1.54) is 6.21 Å². The molecule has 8 heteroatoms. The van der Waals surface area contributed by atoms with Gasteiger partial charge < -0.3 is 9.64 Å². The molecule has 0 atom stereocenters. The highest BCUT2D eigenvalue weighted by molar-refractivity contribution is 6.43. The highest BCUT2D eigenvalue weighted by Gasteiger charge is 2.27. The zero-order valence-corrected chi connectivity index (χ0v) is 17.4. The van der Waals surface area contributed by atoms with E-state index in [-0.39, 0.29) is 17.7 Å². The number of hydrogen-bond acceptors (Lipinski definition) is 4. The molecule has 0 spiro atoms. The van der Waals surface area contributed by atoms with Crippen LogP contribution in [0.3, 0.4) is 0 Å². The van der Waals surface area contributed by atoms with E-state index in [0.29, 0.717) is 52.9 Å². The van der Waals surface area contributed by atoms with Crippen molar-refractivity contribution < 1.29 is 14.3 Å². The fourth-order valence-corrected chi connectivity index (χ4v) is 3.49. The van der Waals surface area contributed by atoms with Crippen molar-refractivity contribution in [3.63, 3.8) is 0 Å². The lowest BCUT2D eigenvalue weighted by atomic mass is 9.95. The second-order valence-electron chi connectivity index (χ2n) is 6.67. The third-order valence-corrected chi connectivity index (χ3v) is 5.68. The summed E-state index contributed by atoms with van der Waals surface area (Å²) in [5, 5.41) is 4.79. The SMILES string of the molecule is COc1ccc(C(=O)N2CCC(C(=O)N/N=C\c3cccc(Cl)c3Cl)CC2)cc1. The number of likely N-dealkylation sites (tertiary alicyclic amines) is 1. The summed E-state index contributed by atoms with van der Waals surface area (Å²) in [4.78, 5) is 26.7. The minimum Gasteiger partial charge on any atom is -0.497 e.